The van der Waals surface area contributed by atoms with Crippen LogP contribution in [0.1, 0.15) is 11.1 Å². The molecule has 0 saturated carbocycles. The average molecular weight is 480 g/mol. The van der Waals surface area contributed by atoms with Crippen LogP contribution in [0.5, 0.6) is 17.2 Å². The number of thioether (sulfide) groups is 1. The number of benzene rings is 3. The lowest BCUT2D eigenvalue weighted by atomic mass is 10.1. The van der Waals surface area contributed by atoms with Crippen LogP contribution in [0.25, 0.3) is 6.08 Å². The van der Waals surface area contributed by atoms with Crippen molar-refractivity contribution in [1.82, 2.24) is 4.90 Å². The average Bonchev–Trinajstić information content (AvgIpc) is 3.12. The van der Waals surface area contributed by atoms with E-state index in [1.165, 1.54) is 24.1 Å². The van der Waals surface area contributed by atoms with Crippen molar-refractivity contribution in [1.29, 1.82) is 0 Å². The third-order valence-electron chi connectivity index (χ3n) is 4.99. The molecule has 0 radical (unpaired) electrons. The first-order valence-electron chi connectivity index (χ1n) is 10.5. The lowest BCUT2D eigenvalue weighted by Crippen LogP contribution is -2.32. The molecule has 4 rings (SSSR count). The molecule has 1 saturated heterocycles. The molecule has 0 aliphatic carbocycles. The third-order valence-corrected chi connectivity index (χ3v) is 5.90. The van der Waals surface area contributed by atoms with Crippen LogP contribution in [0.2, 0.25) is 0 Å². The summed E-state index contributed by atoms with van der Waals surface area (Å²) in [4.78, 5) is 26.7. The van der Waals surface area contributed by atoms with Crippen LogP contribution >= 0.6 is 11.8 Å². The van der Waals surface area contributed by atoms with Crippen LogP contribution in [0.4, 0.5) is 9.18 Å². The first kappa shape index (κ1) is 23.4. The monoisotopic (exact) mass is 479 g/mol. The Hall–Kier alpha value is -3.78. The van der Waals surface area contributed by atoms with E-state index in [0.29, 0.717) is 27.7 Å². The van der Waals surface area contributed by atoms with E-state index < -0.39 is 0 Å². The van der Waals surface area contributed by atoms with E-state index in [0.717, 1.165) is 17.3 Å². The van der Waals surface area contributed by atoms with E-state index in [1.807, 2.05) is 30.3 Å². The molecule has 0 aromatic heterocycles. The summed E-state index contributed by atoms with van der Waals surface area (Å²) >= 11 is 0.886. The van der Waals surface area contributed by atoms with Crippen LogP contribution in [-0.2, 0) is 11.4 Å². The van der Waals surface area contributed by atoms with E-state index in [-0.39, 0.29) is 36.7 Å². The number of hydrogen-bond acceptors (Lipinski definition) is 6. The predicted molar refractivity (Wildman–Crippen MR) is 128 cm³/mol. The second kappa shape index (κ2) is 10.9. The highest BCUT2D eigenvalue weighted by Crippen LogP contribution is 2.34. The molecule has 1 fully saturated rings. The standard InChI is InChI=1S/C26H22FNO5S/c1-31-22-12-9-19(15-23(22)33-17-18-7-10-20(27)11-8-18)16-24-25(29)28(26(30)34-24)13-14-32-21-5-3-2-4-6-21/h2-12,15-16H,13-14,17H2,1H3/b24-16-. The van der Waals surface area contributed by atoms with Crippen LogP contribution in [-0.4, -0.2) is 36.3 Å². The number of para-hydroxylation sites is 1. The largest absolute Gasteiger partial charge is 0.493 e. The van der Waals surface area contributed by atoms with Gasteiger partial charge in [0.05, 0.1) is 18.6 Å². The lowest BCUT2D eigenvalue weighted by molar-refractivity contribution is -0.123. The number of hydrogen-bond donors (Lipinski definition) is 0. The Labute approximate surface area is 200 Å². The van der Waals surface area contributed by atoms with Gasteiger partial charge >= 0.3 is 0 Å². The summed E-state index contributed by atoms with van der Waals surface area (Å²) in [5, 5.41) is -0.339. The lowest BCUT2D eigenvalue weighted by Gasteiger charge is -2.13. The van der Waals surface area contributed by atoms with Gasteiger partial charge < -0.3 is 14.2 Å². The quantitative estimate of drug-likeness (QED) is 0.376. The molecule has 0 N–H and O–H groups in total. The molecule has 1 aliphatic rings. The predicted octanol–water partition coefficient (Wildman–Crippen LogP) is 5.53. The van der Waals surface area contributed by atoms with Crippen molar-refractivity contribution in [2.45, 2.75) is 6.61 Å². The maximum atomic E-state index is 13.1. The van der Waals surface area contributed by atoms with Crippen molar-refractivity contribution in [3.8, 4) is 17.2 Å². The van der Waals surface area contributed by atoms with Gasteiger partial charge in [0.25, 0.3) is 11.1 Å². The number of halogens is 1. The SMILES string of the molecule is COc1ccc(/C=C2\SC(=O)N(CCOc3ccccc3)C2=O)cc1OCc1ccc(F)cc1. The summed E-state index contributed by atoms with van der Waals surface area (Å²) < 4.78 is 29.9. The van der Waals surface area contributed by atoms with Crippen molar-refractivity contribution in [2.75, 3.05) is 20.3 Å². The minimum atomic E-state index is -0.365. The number of nitrogens with zero attached hydrogens (tertiary/aromatic N) is 1. The molecular weight excluding hydrogens is 457 g/mol. The summed E-state index contributed by atoms with van der Waals surface area (Å²) in [6, 6.07) is 20.5. The summed E-state index contributed by atoms with van der Waals surface area (Å²) in [6.07, 6.45) is 1.65. The topological polar surface area (TPSA) is 65.1 Å². The third kappa shape index (κ3) is 5.77. The maximum Gasteiger partial charge on any atom is 0.293 e. The van der Waals surface area contributed by atoms with Crippen LogP contribution in [0.3, 0.4) is 0 Å². The minimum absolute atomic E-state index is 0.158. The fourth-order valence-corrected chi connectivity index (χ4v) is 4.12. The number of amides is 2. The van der Waals surface area contributed by atoms with Crippen LogP contribution < -0.4 is 14.2 Å². The van der Waals surface area contributed by atoms with E-state index in [4.69, 9.17) is 14.2 Å². The normalized spacial score (nSPS) is 14.5. The van der Waals surface area contributed by atoms with Gasteiger partial charge in [0.1, 0.15) is 24.8 Å². The Morgan fingerprint density at radius 2 is 1.71 bits per heavy atom. The van der Waals surface area contributed by atoms with Gasteiger partial charge in [-0.05, 0) is 65.4 Å². The van der Waals surface area contributed by atoms with E-state index in [2.05, 4.69) is 0 Å². The molecule has 0 atom stereocenters. The smallest absolute Gasteiger partial charge is 0.293 e. The molecule has 0 bridgehead atoms. The molecule has 1 aliphatic heterocycles. The molecule has 6 nitrogen and oxygen atoms in total. The van der Waals surface area contributed by atoms with Crippen LogP contribution in [0, 0.1) is 5.82 Å². The zero-order valence-electron chi connectivity index (χ0n) is 18.4. The summed E-state index contributed by atoms with van der Waals surface area (Å²) in [5.41, 5.74) is 1.48. The number of ether oxygens (including phenoxy) is 3. The Kier molecular flexibility index (Phi) is 7.49. The summed E-state index contributed by atoms with van der Waals surface area (Å²) in [7, 11) is 1.53. The Bertz CT molecular complexity index is 1200. The molecule has 2 amide bonds. The fraction of sp³-hybridized carbons (Fsp3) is 0.154. The number of carbonyl (C=O) groups is 2. The van der Waals surface area contributed by atoms with Gasteiger partial charge in [-0.25, -0.2) is 4.39 Å². The molecule has 3 aromatic rings. The number of rotatable bonds is 9. The van der Waals surface area contributed by atoms with Gasteiger partial charge in [0, 0.05) is 0 Å². The molecule has 0 spiro atoms. The second-order valence-electron chi connectivity index (χ2n) is 7.32. The van der Waals surface area contributed by atoms with E-state index in [1.54, 1.807) is 36.4 Å². The van der Waals surface area contributed by atoms with Crippen molar-refractivity contribution in [3.63, 3.8) is 0 Å². The molecule has 0 unspecified atom stereocenters. The minimum Gasteiger partial charge on any atom is -0.493 e. The van der Waals surface area contributed by atoms with E-state index in [9.17, 15) is 14.0 Å². The number of methoxy groups -OCH3 is 1. The van der Waals surface area contributed by atoms with Crippen molar-refractivity contribution in [2.24, 2.45) is 0 Å². The highest BCUT2D eigenvalue weighted by molar-refractivity contribution is 8.18. The first-order chi connectivity index (χ1) is 16.5. The van der Waals surface area contributed by atoms with Gasteiger partial charge in [0.2, 0.25) is 0 Å². The summed E-state index contributed by atoms with van der Waals surface area (Å²) in [6.45, 7) is 0.586. The number of imide groups is 1. The zero-order chi connectivity index (χ0) is 23.9. The molecule has 8 heteroatoms. The summed E-state index contributed by atoms with van der Waals surface area (Å²) in [5.74, 6) is 0.984. The van der Waals surface area contributed by atoms with Gasteiger partial charge in [-0.1, -0.05) is 36.4 Å². The molecular formula is C26H22FNO5S. The van der Waals surface area contributed by atoms with Crippen molar-refractivity contribution < 1.29 is 28.2 Å². The second-order valence-corrected chi connectivity index (χ2v) is 8.31. The zero-order valence-corrected chi connectivity index (χ0v) is 19.2. The van der Waals surface area contributed by atoms with Gasteiger partial charge in [-0.3, -0.25) is 14.5 Å². The first-order valence-corrected chi connectivity index (χ1v) is 11.3. The van der Waals surface area contributed by atoms with Gasteiger partial charge in [-0.15, -0.1) is 0 Å². The molecule has 174 valence electrons. The Morgan fingerprint density at radius 3 is 2.44 bits per heavy atom. The van der Waals surface area contributed by atoms with Crippen molar-refractivity contribution >= 4 is 29.0 Å². The number of carbonyl (C=O) groups excluding carboxylic acids is 2. The molecule has 1 heterocycles. The highest BCUT2D eigenvalue weighted by atomic mass is 32.2. The molecule has 3 aromatic carbocycles. The highest BCUT2D eigenvalue weighted by Gasteiger charge is 2.34. The van der Waals surface area contributed by atoms with Gasteiger partial charge in [-0.2, -0.15) is 0 Å². The van der Waals surface area contributed by atoms with Gasteiger partial charge in [0.15, 0.2) is 11.5 Å². The fourth-order valence-electron chi connectivity index (χ4n) is 3.25. The molecule has 34 heavy (non-hydrogen) atoms. The van der Waals surface area contributed by atoms with E-state index >= 15 is 0 Å². The Morgan fingerprint density at radius 1 is 0.941 bits per heavy atom. The Balaban J connectivity index is 1.43. The van der Waals surface area contributed by atoms with Crippen LogP contribution in [0.15, 0.2) is 77.7 Å². The van der Waals surface area contributed by atoms with Crippen molar-refractivity contribution in [3.05, 3.63) is 94.6 Å². The maximum absolute atomic E-state index is 13.1.